The van der Waals surface area contributed by atoms with Crippen molar-refractivity contribution in [3.63, 3.8) is 0 Å². The van der Waals surface area contributed by atoms with Crippen LogP contribution in [0.1, 0.15) is 57.4 Å². The molecule has 0 aromatic heterocycles. The molecule has 26 heavy (non-hydrogen) atoms. The Morgan fingerprint density at radius 2 is 1.35 bits per heavy atom. The van der Waals surface area contributed by atoms with Crippen LogP contribution < -0.4 is 0 Å². The third-order valence-corrected chi connectivity index (χ3v) is 4.82. The molecule has 0 bridgehead atoms. The lowest BCUT2D eigenvalue weighted by atomic mass is 9.90. The first kappa shape index (κ1) is 22.9. The van der Waals surface area contributed by atoms with Gasteiger partial charge in [-0.1, -0.05) is 45.4 Å². The molecule has 0 saturated heterocycles. The molecule has 0 amide bonds. The van der Waals surface area contributed by atoms with Crippen LogP contribution in [-0.4, -0.2) is 27.3 Å². The summed E-state index contributed by atoms with van der Waals surface area (Å²) in [5.74, 6) is -4.60. The first-order valence-electron chi connectivity index (χ1n) is 9.22. The van der Waals surface area contributed by atoms with Gasteiger partial charge in [0.25, 0.3) is 5.97 Å². The highest BCUT2D eigenvalue weighted by Gasteiger charge is 2.40. The van der Waals surface area contributed by atoms with Gasteiger partial charge in [0.15, 0.2) is 0 Å². The molecule has 1 rings (SSSR count). The minimum Gasteiger partial charge on any atom is -0.331 e. The van der Waals surface area contributed by atoms with E-state index in [0.717, 1.165) is 19.3 Å². The Balaban J connectivity index is 2.91. The van der Waals surface area contributed by atoms with E-state index in [9.17, 15) is 13.2 Å². The van der Waals surface area contributed by atoms with Crippen LogP contribution in [0.5, 0.6) is 0 Å². The molecule has 0 spiro atoms. The molecule has 1 aromatic rings. The van der Waals surface area contributed by atoms with E-state index in [2.05, 4.69) is 6.92 Å². The predicted molar refractivity (Wildman–Crippen MR) is 95.3 cm³/mol. The first-order valence-corrected chi connectivity index (χ1v) is 9.22. The molecule has 1 atom stereocenters. The van der Waals surface area contributed by atoms with Gasteiger partial charge in [0, 0.05) is 44.9 Å². The van der Waals surface area contributed by atoms with Crippen LogP contribution in [-0.2, 0) is 20.6 Å². The smallest absolute Gasteiger partial charge is 0.285 e. The zero-order valence-corrected chi connectivity index (χ0v) is 16.2. The number of halogens is 3. The summed E-state index contributed by atoms with van der Waals surface area (Å²) in [6, 6.07) is 1.38. The molecule has 0 fully saturated rings. The highest BCUT2D eigenvalue weighted by molar-refractivity contribution is 5.21. The summed E-state index contributed by atoms with van der Waals surface area (Å²) in [6.45, 7) is 2.16. The summed E-state index contributed by atoms with van der Waals surface area (Å²) in [5.41, 5.74) is -0.182. The molecule has 0 saturated carbocycles. The SMILES string of the molecule is CCCCCCCCC(Cc1c(F)cc(F)cc1F)C(OC)(OC)OC. The van der Waals surface area contributed by atoms with Crippen molar-refractivity contribution in [2.75, 3.05) is 21.3 Å². The molecule has 1 unspecified atom stereocenters. The zero-order valence-electron chi connectivity index (χ0n) is 16.2. The van der Waals surface area contributed by atoms with Crippen molar-refractivity contribution in [3.05, 3.63) is 35.1 Å². The number of ether oxygens (including phenoxy) is 3. The van der Waals surface area contributed by atoms with Crippen LogP contribution >= 0.6 is 0 Å². The first-order chi connectivity index (χ1) is 12.4. The zero-order chi connectivity index (χ0) is 19.6. The second-order valence-corrected chi connectivity index (χ2v) is 6.52. The molecular formula is C20H31F3O3. The molecule has 0 N–H and O–H groups in total. The summed E-state index contributed by atoms with van der Waals surface area (Å²) >= 11 is 0. The normalized spacial score (nSPS) is 13.2. The van der Waals surface area contributed by atoms with Crippen molar-refractivity contribution in [3.8, 4) is 0 Å². The highest BCUT2D eigenvalue weighted by atomic mass is 19.1. The molecule has 0 heterocycles. The molecule has 0 aliphatic carbocycles. The predicted octanol–water partition coefficient (Wildman–Crippen LogP) is 5.61. The molecule has 0 aliphatic heterocycles. The Hall–Kier alpha value is -1.11. The summed E-state index contributed by atoms with van der Waals surface area (Å²) in [5, 5.41) is 0. The van der Waals surface area contributed by atoms with Gasteiger partial charge in [0.1, 0.15) is 17.5 Å². The molecule has 0 aliphatic rings. The topological polar surface area (TPSA) is 27.7 Å². The van der Waals surface area contributed by atoms with E-state index in [1.807, 2.05) is 0 Å². The summed E-state index contributed by atoms with van der Waals surface area (Å²) < 4.78 is 57.6. The minimum atomic E-state index is -1.41. The Bertz CT molecular complexity index is 502. The maximum atomic E-state index is 14.1. The van der Waals surface area contributed by atoms with Crippen LogP contribution in [0, 0.1) is 23.4 Å². The van der Waals surface area contributed by atoms with Gasteiger partial charge in [-0.05, 0) is 12.8 Å². The molecule has 3 nitrogen and oxygen atoms in total. The van der Waals surface area contributed by atoms with E-state index in [1.54, 1.807) is 0 Å². The van der Waals surface area contributed by atoms with Crippen LogP contribution in [0.3, 0.4) is 0 Å². The van der Waals surface area contributed by atoms with Gasteiger partial charge in [0.05, 0.1) is 0 Å². The van der Waals surface area contributed by atoms with Gasteiger partial charge in [0.2, 0.25) is 0 Å². The summed E-state index contributed by atoms with van der Waals surface area (Å²) in [7, 11) is 4.29. The van der Waals surface area contributed by atoms with E-state index in [0.29, 0.717) is 18.6 Å². The molecular weight excluding hydrogens is 345 g/mol. The average molecular weight is 376 g/mol. The van der Waals surface area contributed by atoms with Gasteiger partial charge in [-0.25, -0.2) is 13.2 Å². The molecule has 1 aromatic carbocycles. The molecule has 6 heteroatoms. The van der Waals surface area contributed by atoms with E-state index in [1.165, 1.54) is 40.6 Å². The van der Waals surface area contributed by atoms with Gasteiger partial charge in [-0.3, -0.25) is 0 Å². The van der Waals surface area contributed by atoms with E-state index >= 15 is 0 Å². The fraction of sp³-hybridized carbons (Fsp3) is 0.700. The number of benzene rings is 1. The lowest BCUT2D eigenvalue weighted by molar-refractivity contribution is -0.379. The maximum Gasteiger partial charge on any atom is 0.285 e. The Morgan fingerprint density at radius 1 is 0.846 bits per heavy atom. The second kappa shape index (κ2) is 11.6. The van der Waals surface area contributed by atoms with Crippen LogP contribution in [0.15, 0.2) is 12.1 Å². The fourth-order valence-corrected chi connectivity index (χ4v) is 3.34. The number of hydrogen-bond acceptors (Lipinski definition) is 3. The Kier molecular flexibility index (Phi) is 10.2. The molecule has 150 valence electrons. The van der Waals surface area contributed by atoms with Crippen molar-refractivity contribution in [2.45, 2.75) is 64.3 Å². The Labute approximate surface area is 154 Å². The highest BCUT2D eigenvalue weighted by Crippen LogP contribution is 2.33. The van der Waals surface area contributed by atoms with Crippen LogP contribution in [0.4, 0.5) is 13.2 Å². The van der Waals surface area contributed by atoms with Gasteiger partial charge < -0.3 is 14.2 Å². The molecule has 0 radical (unpaired) electrons. The lowest BCUT2D eigenvalue weighted by Crippen LogP contribution is -2.45. The fourth-order valence-electron chi connectivity index (χ4n) is 3.34. The number of hydrogen-bond donors (Lipinski definition) is 0. The summed E-state index contributed by atoms with van der Waals surface area (Å²) in [6.07, 6.45) is 7.13. The van der Waals surface area contributed by atoms with Crippen LogP contribution in [0.25, 0.3) is 0 Å². The van der Waals surface area contributed by atoms with Crippen molar-refractivity contribution in [1.82, 2.24) is 0 Å². The van der Waals surface area contributed by atoms with Crippen molar-refractivity contribution < 1.29 is 27.4 Å². The third-order valence-electron chi connectivity index (χ3n) is 4.82. The second-order valence-electron chi connectivity index (χ2n) is 6.52. The van der Waals surface area contributed by atoms with Gasteiger partial charge in [-0.15, -0.1) is 0 Å². The summed E-state index contributed by atoms with van der Waals surface area (Å²) in [4.78, 5) is 0. The van der Waals surface area contributed by atoms with Crippen molar-refractivity contribution in [1.29, 1.82) is 0 Å². The van der Waals surface area contributed by atoms with Gasteiger partial charge >= 0.3 is 0 Å². The monoisotopic (exact) mass is 376 g/mol. The maximum absolute atomic E-state index is 14.1. The minimum absolute atomic E-state index is 0.0115. The largest absolute Gasteiger partial charge is 0.331 e. The van der Waals surface area contributed by atoms with Crippen molar-refractivity contribution in [2.24, 2.45) is 5.92 Å². The average Bonchev–Trinajstić information content (AvgIpc) is 2.61. The lowest BCUT2D eigenvalue weighted by Gasteiger charge is -2.36. The van der Waals surface area contributed by atoms with E-state index in [-0.39, 0.29) is 12.0 Å². The number of methoxy groups -OCH3 is 3. The van der Waals surface area contributed by atoms with E-state index in [4.69, 9.17) is 14.2 Å². The van der Waals surface area contributed by atoms with Crippen molar-refractivity contribution >= 4 is 0 Å². The number of unbranched alkanes of at least 4 members (excludes halogenated alkanes) is 5. The third kappa shape index (κ3) is 6.25. The van der Waals surface area contributed by atoms with Gasteiger partial charge in [-0.2, -0.15) is 0 Å². The van der Waals surface area contributed by atoms with E-state index < -0.39 is 29.3 Å². The standard InChI is InChI=1S/C20H31F3O3/c1-5-6-7-8-9-10-11-15(20(24-2,25-3)26-4)12-17-18(22)13-16(21)14-19(17)23/h13-15H,5-12H2,1-4H3. The van der Waals surface area contributed by atoms with Crippen LogP contribution in [0.2, 0.25) is 0 Å². The number of rotatable bonds is 13. The Morgan fingerprint density at radius 3 is 1.85 bits per heavy atom. The quantitative estimate of drug-likeness (QED) is 0.331.